The molecule has 0 saturated carbocycles. The zero-order chi connectivity index (χ0) is 14.1. The SMILES string of the molecule is Cc1cccc(C)c1CC(NN)C1CN2CCN1CC2. The van der Waals surface area contributed by atoms with Gasteiger partial charge in [0.15, 0.2) is 0 Å². The Hall–Kier alpha value is -0.940. The van der Waals surface area contributed by atoms with Gasteiger partial charge in [-0.25, -0.2) is 0 Å². The molecule has 4 rings (SSSR count). The van der Waals surface area contributed by atoms with E-state index in [2.05, 4.69) is 47.3 Å². The van der Waals surface area contributed by atoms with Gasteiger partial charge in [0.1, 0.15) is 0 Å². The molecule has 0 radical (unpaired) electrons. The van der Waals surface area contributed by atoms with Crippen molar-refractivity contribution in [2.75, 3.05) is 32.7 Å². The standard InChI is InChI=1S/C16H26N4/c1-12-4-3-5-13(2)14(12)10-15(18-17)16-11-19-6-8-20(16)9-7-19/h3-5,15-16,18H,6-11,17H2,1-2H3. The monoisotopic (exact) mass is 274 g/mol. The number of hydrazine groups is 1. The number of piperazine rings is 3. The van der Waals surface area contributed by atoms with E-state index in [1.54, 1.807) is 0 Å². The van der Waals surface area contributed by atoms with Crippen molar-refractivity contribution in [2.24, 2.45) is 5.84 Å². The van der Waals surface area contributed by atoms with Crippen LogP contribution in [0.25, 0.3) is 0 Å². The predicted molar refractivity (Wildman–Crippen MR) is 82.5 cm³/mol. The Bertz CT molecular complexity index is 445. The van der Waals surface area contributed by atoms with E-state index in [1.807, 2.05) is 0 Å². The fourth-order valence-corrected chi connectivity index (χ4v) is 3.74. The maximum absolute atomic E-state index is 5.89. The van der Waals surface area contributed by atoms with Crippen LogP contribution in [0.1, 0.15) is 16.7 Å². The fourth-order valence-electron chi connectivity index (χ4n) is 3.74. The fraction of sp³-hybridized carbons (Fsp3) is 0.625. The first kappa shape index (κ1) is 14.0. The molecule has 110 valence electrons. The van der Waals surface area contributed by atoms with Crippen LogP contribution in [0, 0.1) is 13.8 Å². The van der Waals surface area contributed by atoms with Crippen LogP contribution in [-0.4, -0.2) is 54.6 Å². The molecule has 3 heterocycles. The lowest BCUT2D eigenvalue weighted by atomic mass is 9.91. The number of nitrogens with one attached hydrogen (secondary N) is 1. The Kier molecular flexibility index (Phi) is 4.08. The molecule has 3 N–H and O–H groups in total. The smallest absolute Gasteiger partial charge is 0.0419 e. The zero-order valence-electron chi connectivity index (χ0n) is 12.6. The highest BCUT2D eigenvalue weighted by Gasteiger charge is 2.36. The van der Waals surface area contributed by atoms with E-state index >= 15 is 0 Å². The second-order valence-corrected chi connectivity index (χ2v) is 6.25. The molecule has 0 aliphatic carbocycles. The molecule has 2 atom stereocenters. The van der Waals surface area contributed by atoms with Gasteiger partial charge in [-0.3, -0.25) is 21.1 Å². The van der Waals surface area contributed by atoms with Gasteiger partial charge in [0.2, 0.25) is 0 Å². The molecule has 3 aliphatic rings. The van der Waals surface area contributed by atoms with Gasteiger partial charge < -0.3 is 0 Å². The Morgan fingerprint density at radius 3 is 2.35 bits per heavy atom. The van der Waals surface area contributed by atoms with Crippen LogP contribution in [0.15, 0.2) is 18.2 Å². The van der Waals surface area contributed by atoms with Gasteiger partial charge in [-0.2, -0.15) is 0 Å². The molecular weight excluding hydrogens is 248 g/mol. The number of hydrogen-bond donors (Lipinski definition) is 2. The average Bonchev–Trinajstić information content (AvgIpc) is 2.48. The summed E-state index contributed by atoms with van der Waals surface area (Å²) in [6.45, 7) is 10.4. The van der Waals surface area contributed by atoms with Crippen molar-refractivity contribution in [1.29, 1.82) is 0 Å². The Morgan fingerprint density at radius 2 is 1.85 bits per heavy atom. The van der Waals surface area contributed by atoms with Crippen LogP contribution in [0.2, 0.25) is 0 Å². The number of hydrogen-bond acceptors (Lipinski definition) is 4. The molecular formula is C16H26N4. The van der Waals surface area contributed by atoms with Gasteiger partial charge in [-0.1, -0.05) is 18.2 Å². The molecule has 4 heteroatoms. The largest absolute Gasteiger partial charge is 0.299 e. The number of nitrogens with two attached hydrogens (primary N) is 1. The molecule has 4 nitrogen and oxygen atoms in total. The van der Waals surface area contributed by atoms with Crippen molar-refractivity contribution in [2.45, 2.75) is 32.4 Å². The zero-order valence-corrected chi connectivity index (χ0v) is 12.6. The minimum atomic E-state index is 0.331. The van der Waals surface area contributed by atoms with E-state index in [4.69, 9.17) is 5.84 Å². The van der Waals surface area contributed by atoms with Gasteiger partial charge in [-0.15, -0.1) is 0 Å². The molecule has 1 aromatic carbocycles. The maximum atomic E-state index is 5.89. The van der Waals surface area contributed by atoms with Crippen molar-refractivity contribution in [1.82, 2.24) is 15.2 Å². The molecule has 0 aromatic heterocycles. The third-order valence-electron chi connectivity index (χ3n) is 5.07. The summed E-state index contributed by atoms with van der Waals surface area (Å²) in [6, 6.07) is 7.41. The number of benzene rings is 1. The lowest BCUT2D eigenvalue weighted by molar-refractivity contribution is -0.00318. The molecule has 3 saturated heterocycles. The third-order valence-corrected chi connectivity index (χ3v) is 5.07. The highest BCUT2D eigenvalue weighted by atomic mass is 15.4. The summed E-state index contributed by atoms with van der Waals surface area (Å²) in [4.78, 5) is 5.18. The number of aryl methyl sites for hydroxylation is 2. The highest BCUT2D eigenvalue weighted by Crippen LogP contribution is 2.22. The van der Waals surface area contributed by atoms with Crippen LogP contribution in [0.3, 0.4) is 0 Å². The van der Waals surface area contributed by atoms with Gasteiger partial charge >= 0.3 is 0 Å². The van der Waals surface area contributed by atoms with Crippen molar-refractivity contribution in [3.63, 3.8) is 0 Å². The molecule has 2 bridgehead atoms. The summed E-state index contributed by atoms with van der Waals surface area (Å²) < 4.78 is 0. The van der Waals surface area contributed by atoms with Gasteiger partial charge in [0.25, 0.3) is 0 Å². The van der Waals surface area contributed by atoms with E-state index < -0.39 is 0 Å². The van der Waals surface area contributed by atoms with Crippen molar-refractivity contribution < 1.29 is 0 Å². The number of fused-ring (bicyclic) bond motifs is 3. The Labute approximate surface area is 121 Å². The lowest BCUT2D eigenvalue weighted by Crippen LogP contribution is -2.67. The Balaban J connectivity index is 1.77. The van der Waals surface area contributed by atoms with Crippen molar-refractivity contribution in [3.8, 4) is 0 Å². The molecule has 3 aliphatic heterocycles. The summed E-state index contributed by atoms with van der Waals surface area (Å²) >= 11 is 0. The summed E-state index contributed by atoms with van der Waals surface area (Å²) in [6.07, 6.45) is 1.02. The molecule has 0 amide bonds. The minimum Gasteiger partial charge on any atom is -0.299 e. The Morgan fingerprint density at radius 1 is 1.20 bits per heavy atom. The molecule has 0 spiro atoms. The second kappa shape index (κ2) is 5.82. The quantitative estimate of drug-likeness (QED) is 0.626. The first-order valence-electron chi connectivity index (χ1n) is 7.66. The minimum absolute atomic E-state index is 0.331. The van der Waals surface area contributed by atoms with Crippen LogP contribution in [-0.2, 0) is 6.42 Å². The van der Waals surface area contributed by atoms with E-state index in [0.29, 0.717) is 12.1 Å². The van der Waals surface area contributed by atoms with E-state index in [0.717, 1.165) is 13.0 Å². The summed E-state index contributed by atoms with van der Waals surface area (Å²) in [5.74, 6) is 5.89. The first-order valence-corrected chi connectivity index (χ1v) is 7.66. The molecule has 1 aromatic rings. The number of rotatable bonds is 4. The van der Waals surface area contributed by atoms with Crippen LogP contribution in [0.5, 0.6) is 0 Å². The molecule has 2 unspecified atom stereocenters. The summed E-state index contributed by atoms with van der Waals surface area (Å²) in [5, 5.41) is 0. The first-order chi connectivity index (χ1) is 9.69. The summed E-state index contributed by atoms with van der Waals surface area (Å²) in [5.41, 5.74) is 7.30. The van der Waals surface area contributed by atoms with Crippen LogP contribution < -0.4 is 11.3 Å². The summed E-state index contributed by atoms with van der Waals surface area (Å²) in [7, 11) is 0. The average molecular weight is 274 g/mol. The van der Waals surface area contributed by atoms with E-state index in [9.17, 15) is 0 Å². The number of nitrogens with zero attached hydrogens (tertiary/aromatic N) is 2. The van der Waals surface area contributed by atoms with Crippen LogP contribution >= 0.6 is 0 Å². The lowest BCUT2D eigenvalue weighted by Gasteiger charge is -2.50. The van der Waals surface area contributed by atoms with Crippen LogP contribution in [0.4, 0.5) is 0 Å². The van der Waals surface area contributed by atoms with Gasteiger partial charge in [-0.05, 0) is 37.0 Å². The van der Waals surface area contributed by atoms with E-state index in [-0.39, 0.29) is 0 Å². The third kappa shape index (κ3) is 2.61. The maximum Gasteiger partial charge on any atom is 0.0419 e. The second-order valence-electron chi connectivity index (χ2n) is 6.25. The predicted octanol–water partition coefficient (Wildman–Crippen LogP) is 0.678. The highest BCUT2D eigenvalue weighted by molar-refractivity contribution is 5.34. The van der Waals surface area contributed by atoms with Crippen molar-refractivity contribution >= 4 is 0 Å². The molecule has 3 fully saturated rings. The van der Waals surface area contributed by atoms with Gasteiger partial charge in [0, 0.05) is 44.8 Å². The molecule has 20 heavy (non-hydrogen) atoms. The van der Waals surface area contributed by atoms with Crippen molar-refractivity contribution in [3.05, 3.63) is 34.9 Å². The topological polar surface area (TPSA) is 44.5 Å². The normalized spacial score (nSPS) is 30.4. The van der Waals surface area contributed by atoms with E-state index in [1.165, 1.54) is 42.9 Å². The van der Waals surface area contributed by atoms with Gasteiger partial charge in [0.05, 0.1) is 0 Å².